The standard InChI is InChI=1S/C15H21NO5S2/c17-22(18)10-14(16-9-12-5-4-8-21-12)15(11-22)23(19,20)13-6-2-1-3-7-13/h1-3,6-7,12,14-16H,4-5,8-11H2/t12-,14+,15+/m1/s1. The predicted octanol–water partition coefficient (Wildman–Crippen LogP) is 0.395. The number of sulfone groups is 2. The molecular formula is C15H21NO5S2. The summed E-state index contributed by atoms with van der Waals surface area (Å²) in [6, 6.07) is 7.46. The summed E-state index contributed by atoms with van der Waals surface area (Å²) in [4.78, 5) is 0.172. The van der Waals surface area contributed by atoms with Gasteiger partial charge in [0.05, 0.1) is 27.8 Å². The van der Waals surface area contributed by atoms with Crippen LogP contribution in [0.4, 0.5) is 0 Å². The van der Waals surface area contributed by atoms with Gasteiger partial charge >= 0.3 is 0 Å². The number of benzene rings is 1. The first-order valence-corrected chi connectivity index (χ1v) is 11.1. The molecule has 0 aromatic heterocycles. The second-order valence-corrected chi connectivity index (χ2v) is 10.4. The molecule has 2 saturated heterocycles. The Balaban J connectivity index is 1.80. The van der Waals surface area contributed by atoms with Crippen LogP contribution in [0.25, 0.3) is 0 Å². The second kappa shape index (κ2) is 6.51. The molecule has 3 atom stereocenters. The molecule has 2 fully saturated rings. The first-order valence-electron chi connectivity index (χ1n) is 7.73. The quantitative estimate of drug-likeness (QED) is 0.818. The first kappa shape index (κ1) is 16.9. The lowest BCUT2D eigenvalue weighted by atomic mass is 10.2. The number of rotatable bonds is 5. The fourth-order valence-electron chi connectivity index (χ4n) is 3.18. The van der Waals surface area contributed by atoms with Gasteiger partial charge in [0.15, 0.2) is 19.7 Å². The Morgan fingerprint density at radius 3 is 2.57 bits per heavy atom. The Morgan fingerprint density at radius 2 is 1.91 bits per heavy atom. The molecule has 2 heterocycles. The first-order chi connectivity index (χ1) is 10.9. The van der Waals surface area contributed by atoms with Gasteiger partial charge in [-0.2, -0.15) is 0 Å². The Morgan fingerprint density at radius 1 is 1.17 bits per heavy atom. The van der Waals surface area contributed by atoms with Gasteiger partial charge in [-0.15, -0.1) is 0 Å². The van der Waals surface area contributed by atoms with Crippen LogP contribution in [0.15, 0.2) is 35.2 Å². The van der Waals surface area contributed by atoms with E-state index in [1.54, 1.807) is 18.2 Å². The van der Waals surface area contributed by atoms with Crippen molar-refractivity contribution in [2.45, 2.75) is 35.1 Å². The van der Waals surface area contributed by atoms with E-state index in [0.29, 0.717) is 13.2 Å². The summed E-state index contributed by atoms with van der Waals surface area (Å²) >= 11 is 0. The molecule has 0 radical (unpaired) electrons. The summed E-state index contributed by atoms with van der Waals surface area (Å²) in [7, 11) is -7.05. The molecule has 1 aromatic carbocycles. The zero-order chi connectivity index (χ0) is 16.5. The third kappa shape index (κ3) is 3.76. The normalized spacial score (nSPS) is 30.5. The summed E-state index contributed by atoms with van der Waals surface area (Å²) < 4.78 is 55.1. The van der Waals surface area contributed by atoms with Gasteiger partial charge in [-0.25, -0.2) is 16.8 Å². The Labute approximate surface area is 137 Å². The van der Waals surface area contributed by atoms with E-state index in [2.05, 4.69) is 5.32 Å². The van der Waals surface area contributed by atoms with Crippen molar-refractivity contribution in [2.24, 2.45) is 0 Å². The Kier molecular flexibility index (Phi) is 4.78. The highest BCUT2D eigenvalue weighted by atomic mass is 32.2. The number of nitrogens with one attached hydrogen (secondary N) is 1. The summed E-state index contributed by atoms with van der Waals surface area (Å²) in [6.07, 6.45) is 1.95. The van der Waals surface area contributed by atoms with Crippen LogP contribution in [-0.2, 0) is 24.4 Å². The molecule has 2 aliphatic heterocycles. The molecule has 0 saturated carbocycles. The van der Waals surface area contributed by atoms with E-state index in [9.17, 15) is 16.8 Å². The molecule has 0 spiro atoms. The fourth-order valence-corrected chi connectivity index (χ4v) is 7.92. The topological polar surface area (TPSA) is 89.5 Å². The van der Waals surface area contributed by atoms with E-state index in [4.69, 9.17) is 4.74 Å². The van der Waals surface area contributed by atoms with E-state index in [0.717, 1.165) is 12.8 Å². The maximum Gasteiger partial charge on any atom is 0.183 e. The van der Waals surface area contributed by atoms with Crippen molar-refractivity contribution >= 4 is 19.7 Å². The molecule has 3 rings (SSSR count). The average Bonchev–Trinajstić information content (AvgIpc) is 3.13. The summed E-state index contributed by atoms with van der Waals surface area (Å²) in [5.74, 6) is -0.468. The minimum atomic E-state index is -3.69. The summed E-state index contributed by atoms with van der Waals surface area (Å²) in [5, 5.41) is 2.17. The van der Waals surface area contributed by atoms with Gasteiger partial charge in [0, 0.05) is 19.2 Å². The van der Waals surface area contributed by atoms with Gasteiger partial charge in [0.1, 0.15) is 0 Å². The van der Waals surface area contributed by atoms with Crippen molar-refractivity contribution in [3.05, 3.63) is 30.3 Å². The maximum atomic E-state index is 12.8. The molecule has 0 amide bonds. The van der Waals surface area contributed by atoms with Gasteiger partial charge < -0.3 is 10.1 Å². The van der Waals surface area contributed by atoms with Crippen LogP contribution < -0.4 is 5.32 Å². The van der Waals surface area contributed by atoms with E-state index < -0.39 is 31.0 Å². The van der Waals surface area contributed by atoms with Crippen LogP contribution in [-0.4, -0.2) is 58.9 Å². The molecule has 1 aromatic rings. The zero-order valence-corrected chi connectivity index (χ0v) is 14.4. The predicted molar refractivity (Wildman–Crippen MR) is 86.8 cm³/mol. The zero-order valence-electron chi connectivity index (χ0n) is 12.7. The smallest absolute Gasteiger partial charge is 0.183 e. The largest absolute Gasteiger partial charge is 0.377 e. The number of ether oxygens (including phenoxy) is 1. The van der Waals surface area contributed by atoms with Crippen LogP contribution in [0.3, 0.4) is 0 Å². The highest BCUT2D eigenvalue weighted by Gasteiger charge is 2.45. The molecular weight excluding hydrogens is 338 g/mol. The molecule has 6 nitrogen and oxygen atoms in total. The van der Waals surface area contributed by atoms with Crippen molar-refractivity contribution < 1.29 is 21.6 Å². The summed E-state index contributed by atoms with van der Waals surface area (Å²) in [6.45, 7) is 1.20. The van der Waals surface area contributed by atoms with Gasteiger partial charge in [-0.3, -0.25) is 0 Å². The molecule has 8 heteroatoms. The van der Waals surface area contributed by atoms with Gasteiger partial charge in [0.2, 0.25) is 0 Å². The number of hydrogen-bond donors (Lipinski definition) is 1. The van der Waals surface area contributed by atoms with Gasteiger partial charge in [-0.05, 0) is 25.0 Å². The van der Waals surface area contributed by atoms with E-state index in [1.807, 2.05) is 0 Å². The fraction of sp³-hybridized carbons (Fsp3) is 0.600. The lowest BCUT2D eigenvalue weighted by Crippen LogP contribution is -2.45. The third-order valence-electron chi connectivity index (χ3n) is 4.40. The monoisotopic (exact) mass is 359 g/mol. The van der Waals surface area contributed by atoms with Crippen molar-refractivity contribution in [2.75, 3.05) is 24.7 Å². The Bertz CT molecular complexity index is 739. The van der Waals surface area contributed by atoms with Crippen molar-refractivity contribution in [3.8, 4) is 0 Å². The molecule has 128 valence electrons. The third-order valence-corrected chi connectivity index (χ3v) is 8.57. The van der Waals surface area contributed by atoms with Crippen LogP contribution in [0.2, 0.25) is 0 Å². The van der Waals surface area contributed by atoms with E-state index in [-0.39, 0.29) is 22.5 Å². The molecule has 23 heavy (non-hydrogen) atoms. The Hall–Kier alpha value is -0.960. The lowest BCUT2D eigenvalue weighted by molar-refractivity contribution is 0.108. The highest BCUT2D eigenvalue weighted by Crippen LogP contribution is 2.26. The second-order valence-electron chi connectivity index (χ2n) is 6.12. The van der Waals surface area contributed by atoms with Gasteiger partial charge in [-0.1, -0.05) is 18.2 Å². The lowest BCUT2D eigenvalue weighted by Gasteiger charge is -2.21. The van der Waals surface area contributed by atoms with Crippen molar-refractivity contribution in [3.63, 3.8) is 0 Å². The molecule has 0 aliphatic carbocycles. The van der Waals surface area contributed by atoms with Crippen LogP contribution in [0.1, 0.15) is 12.8 Å². The van der Waals surface area contributed by atoms with Crippen LogP contribution in [0, 0.1) is 0 Å². The van der Waals surface area contributed by atoms with E-state index in [1.165, 1.54) is 12.1 Å². The van der Waals surface area contributed by atoms with Crippen molar-refractivity contribution in [1.29, 1.82) is 0 Å². The van der Waals surface area contributed by atoms with Gasteiger partial charge in [0.25, 0.3) is 0 Å². The van der Waals surface area contributed by atoms with E-state index >= 15 is 0 Å². The average molecular weight is 359 g/mol. The van der Waals surface area contributed by atoms with Crippen LogP contribution in [0.5, 0.6) is 0 Å². The summed E-state index contributed by atoms with van der Waals surface area (Å²) in [5.41, 5.74) is 0. The van der Waals surface area contributed by atoms with Crippen LogP contribution >= 0.6 is 0 Å². The minimum Gasteiger partial charge on any atom is -0.377 e. The maximum absolute atomic E-state index is 12.8. The molecule has 2 aliphatic rings. The molecule has 1 N–H and O–H groups in total. The molecule has 0 bridgehead atoms. The SMILES string of the molecule is O=S1(=O)C[C@H](NC[C@H]2CCCO2)[C@@H](S(=O)(=O)c2ccccc2)C1. The number of hydrogen-bond acceptors (Lipinski definition) is 6. The minimum absolute atomic E-state index is 0.0402. The highest BCUT2D eigenvalue weighted by molar-refractivity contribution is 7.96. The molecule has 0 unspecified atom stereocenters. The van der Waals surface area contributed by atoms with Crippen molar-refractivity contribution in [1.82, 2.24) is 5.32 Å².